The van der Waals surface area contributed by atoms with E-state index in [1.165, 1.54) is 0 Å². The molecule has 4 N–H and O–H groups in total. The van der Waals surface area contributed by atoms with Crippen LogP contribution >= 0.6 is 0 Å². The zero-order valence-electron chi connectivity index (χ0n) is 24.2. The first-order chi connectivity index (χ1) is 18.9. The van der Waals surface area contributed by atoms with Gasteiger partial charge in [-0.25, -0.2) is 0 Å². The number of nitrogens with zero attached hydrogens (tertiary/aromatic N) is 1. The van der Waals surface area contributed by atoms with Crippen molar-refractivity contribution in [2.75, 3.05) is 6.54 Å². The van der Waals surface area contributed by atoms with E-state index in [1.54, 1.807) is 4.90 Å². The fourth-order valence-electron chi connectivity index (χ4n) is 7.06. The summed E-state index contributed by atoms with van der Waals surface area (Å²) < 4.78 is 0. The second kappa shape index (κ2) is 12.1. The van der Waals surface area contributed by atoms with Crippen molar-refractivity contribution >= 4 is 29.4 Å². The maximum absolute atomic E-state index is 14.2. The average molecular weight is 553 g/mol. The van der Waals surface area contributed by atoms with Crippen molar-refractivity contribution in [3.63, 3.8) is 0 Å². The van der Waals surface area contributed by atoms with Gasteiger partial charge in [0.15, 0.2) is 0 Å². The molecule has 0 spiro atoms. The highest BCUT2D eigenvalue weighted by Gasteiger charge is 2.69. The molecule has 9 heteroatoms. The van der Waals surface area contributed by atoms with Crippen LogP contribution in [-0.4, -0.2) is 59.0 Å². The van der Waals surface area contributed by atoms with Crippen molar-refractivity contribution in [2.45, 2.75) is 97.2 Å². The molecule has 2 saturated carbocycles. The summed E-state index contributed by atoms with van der Waals surface area (Å²) in [7, 11) is 0. The Kier molecular flexibility index (Phi) is 9.00. The highest BCUT2D eigenvalue weighted by atomic mass is 16.2. The topological polar surface area (TPSA) is 139 Å². The minimum Gasteiger partial charge on any atom is -0.363 e. The Labute approximate surface area is 237 Å². The van der Waals surface area contributed by atoms with Gasteiger partial charge in [0.05, 0.1) is 12.5 Å². The molecule has 0 aromatic heterocycles. The molecule has 0 bridgehead atoms. The first-order valence-corrected chi connectivity index (χ1v) is 14.7. The van der Waals surface area contributed by atoms with E-state index in [2.05, 4.69) is 24.5 Å². The van der Waals surface area contributed by atoms with Crippen LogP contribution in [0.4, 0.5) is 0 Å². The second-order valence-corrected chi connectivity index (χ2v) is 12.6. The van der Waals surface area contributed by atoms with Gasteiger partial charge in [0.2, 0.25) is 23.5 Å². The van der Waals surface area contributed by atoms with E-state index in [4.69, 9.17) is 5.73 Å². The molecular formula is C31H44N4O5. The number of nitrogens with one attached hydrogen (secondary N) is 2. The van der Waals surface area contributed by atoms with Gasteiger partial charge in [0.1, 0.15) is 12.1 Å². The maximum atomic E-state index is 14.2. The van der Waals surface area contributed by atoms with Crippen molar-refractivity contribution < 1.29 is 24.0 Å². The zero-order valence-corrected chi connectivity index (χ0v) is 24.2. The fraction of sp³-hybridized carbons (Fsp3) is 0.645. The first-order valence-electron chi connectivity index (χ1n) is 14.7. The van der Waals surface area contributed by atoms with Crippen LogP contribution in [0, 0.1) is 30.1 Å². The van der Waals surface area contributed by atoms with Crippen LogP contribution in [0.5, 0.6) is 0 Å². The highest BCUT2D eigenvalue weighted by molar-refractivity contribution is 6.37. The number of Topliss-reactive ketones (excluding diaryl/α,β-unsaturated/α-hetero) is 1. The van der Waals surface area contributed by atoms with Crippen LogP contribution in [0.15, 0.2) is 24.3 Å². The molecule has 1 heterocycles. The van der Waals surface area contributed by atoms with Crippen LogP contribution in [0.25, 0.3) is 0 Å². The van der Waals surface area contributed by atoms with Crippen LogP contribution in [0.3, 0.4) is 0 Å². The number of carbonyl (C=O) groups excluding carboxylic acids is 5. The molecule has 0 radical (unpaired) electrons. The highest BCUT2D eigenvalue weighted by Crippen LogP contribution is 2.65. The maximum Gasteiger partial charge on any atom is 0.287 e. The van der Waals surface area contributed by atoms with Crippen LogP contribution < -0.4 is 16.4 Å². The Morgan fingerprint density at radius 3 is 2.40 bits per heavy atom. The minimum atomic E-state index is -1.09. The van der Waals surface area contributed by atoms with Gasteiger partial charge in [-0.1, -0.05) is 76.3 Å². The van der Waals surface area contributed by atoms with E-state index >= 15 is 0 Å². The number of benzene rings is 1. The number of ketones is 1. The second-order valence-electron chi connectivity index (χ2n) is 12.6. The summed E-state index contributed by atoms with van der Waals surface area (Å²) in [5, 5.41) is 5.81. The van der Waals surface area contributed by atoms with Crippen molar-refractivity contribution in [1.29, 1.82) is 0 Å². The van der Waals surface area contributed by atoms with Crippen molar-refractivity contribution in [3.8, 4) is 0 Å². The third-order valence-corrected chi connectivity index (χ3v) is 9.36. The first kappa shape index (κ1) is 29.7. The summed E-state index contributed by atoms with van der Waals surface area (Å²) in [6.45, 7) is 8.43. The van der Waals surface area contributed by atoms with Gasteiger partial charge in [0.25, 0.3) is 5.91 Å². The summed E-state index contributed by atoms with van der Waals surface area (Å²) in [5.74, 6) is -2.71. The molecule has 9 nitrogen and oxygen atoms in total. The number of fused-ring (bicyclic) bond motifs is 1. The summed E-state index contributed by atoms with van der Waals surface area (Å²) >= 11 is 0. The third-order valence-electron chi connectivity index (χ3n) is 9.36. The monoisotopic (exact) mass is 552 g/mol. The smallest absolute Gasteiger partial charge is 0.287 e. The number of aryl methyl sites for hydroxylation is 1. The Balaban J connectivity index is 1.56. The van der Waals surface area contributed by atoms with Gasteiger partial charge in [-0.3, -0.25) is 24.0 Å². The van der Waals surface area contributed by atoms with Gasteiger partial charge in [0, 0.05) is 6.54 Å². The lowest BCUT2D eigenvalue weighted by Crippen LogP contribution is -2.59. The normalized spacial score (nSPS) is 24.9. The molecule has 5 atom stereocenters. The molecule has 40 heavy (non-hydrogen) atoms. The predicted octanol–water partition coefficient (Wildman–Crippen LogP) is 2.42. The molecule has 1 saturated heterocycles. The number of hydrogen-bond acceptors (Lipinski definition) is 5. The summed E-state index contributed by atoms with van der Waals surface area (Å²) in [4.78, 5) is 66.8. The quantitative estimate of drug-likeness (QED) is 0.362. The predicted molar refractivity (Wildman–Crippen MR) is 151 cm³/mol. The SMILES string of the molecule is CCCC(NC(=O)C1C2C(CN1C(=O)C(NC(=O)Cc1cccc(C)c1)C1CCCCC1)C2(C)C)C(=O)C(N)=O. The molecule has 1 aromatic rings. The number of amides is 4. The lowest BCUT2D eigenvalue weighted by molar-refractivity contribution is -0.145. The lowest BCUT2D eigenvalue weighted by atomic mass is 9.83. The van der Waals surface area contributed by atoms with Gasteiger partial charge in [-0.2, -0.15) is 0 Å². The van der Waals surface area contributed by atoms with Crippen LogP contribution in [0.1, 0.15) is 76.8 Å². The molecule has 4 amide bonds. The third kappa shape index (κ3) is 6.23. The summed E-state index contributed by atoms with van der Waals surface area (Å²) in [5.41, 5.74) is 7.06. The molecule has 5 unspecified atom stereocenters. The van der Waals surface area contributed by atoms with Gasteiger partial charge < -0.3 is 21.3 Å². The average Bonchev–Trinajstić information content (AvgIpc) is 3.23. The molecule has 2 aliphatic carbocycles. The zero-order chi connectivity index (χ0) is 29.2. The number of rotatable bonds is 11. The molecular weight excluding hydrogens is 508 g/mol. The van der Waals surface area contributed by atoms with Crippen molar-refractivity contribution in [1.82, 2.24) is 15.5 Å². The number of primary amides is 1. The molecule has 3 aliphatic rings. The Morgan fingerprint density at radius 2 is 1.77 bits per heavy atom. The van der Waals surface area contributed by atoms with Gasteiger partial charge in [-0.05, 0) is 54.9 Å². The molecule has 3 fully saturated rings. The van der Waals surface area contributed by atoms with Gasteiger partial charge in [-0.15, -0.1) is 0 Å². The van der Waals surface area contributed by atoms with E-state index in [0.717, 1.165) is 43.2 Å². The Bertz CT molecular complexity index is 1160. The van der Waals surface area contributed by atoms with Crippen LogP contribution in [-0.2, 0) is 30.4 Å². The Hall–Kier alpha value is -3.23. The number of hydrogen-bond donors (Lipinski definition) is 3. The van der Waals surface area contributed by atoms with E-state index in [0.29, 0.717) is 13.0 Å². The number of likely N-dealkylation sites (tertiary alicyclic amines) is 1. The van der Waals surface area contributed by atoms with Crippen LogP contribution in [0.2, 0.25) is 0 Å². The van der Waals surface area contributed by atoms with Crippen molar-refractivity contribution in [2.24, 2.45) is 28.9 Å². The molecule has 1 aromatic carbocycles. The molecule has 218 valence electrons. The van der Waals surface area contributed by atoms with Crippen molar-refractivity contribution in [3.05, 3.63) is 35.4 Å². The van der Waals surface area contributed by atoms with E-state index in [1.807, 2.05) is 38.1 Å². The fourth-order valence-corrected chi connectivity index (χ4v) is 7.06. The number of carbonyl (C=O) groups is 5. The number of piperidine rings is 1. The minimum absolute atomic E-state index is 0.000590. The molecule has 4 rings (SSSR count). The Morgan fingerprint density at radius 1 is 1.07 bits per heavy atom. The number of nitrogens with two attached hydrogens (primary N) is 1. The van der Waals surface area contributed by atoms with Gasteiger partial charge >= 0.3 is 0 Å². The summed E-state index contributed by atoms with van der Waals surface area (Å²) in [6, 6.07) is 5.26. The molecule has 1 aliphatic heterocycles. The standard InChI is InChI=1S/C31H44N4O5/c1-5-10-22(27(37)28(32)38)33-29(39)26-24-21(31(24,3)4)17-35(26)30(40)25(20-13-7-6-8-14-20)34-23(36)16-19-12-9-11-18(2)15-19/h9,11-12,15,20-22,24-26H,5-8,10,13-14,16-17H2,1-4H3,(H2,32,38)(H,33,39)(H,34,36). The van der Waals surface area contributed by atoms with E-state index in [9.17, 15) is 24.0 Å². The lowest BCUT2D eigenvalue weighted by Gasteiger charge is -2.37. The van der Waals surface area contributed by atoms with E-state index in [-0.39, 0.29) is 47.8 Å². The summed E-state index contributed by atoms with van der Waals surface area (Å²) in [6.07, 6.45) is 5.82. The van der Waals surface area contributed by atoms with E-state index < -0.39 is 35.7 Å². The largest absolute Gasteiger partial charge is 0.363 e.